The fourth-order valence-corrected chi connectivity index (χ4v) is 4.52. The van der Waals surface area contributed by atoms with Crippen molar-refractivity contribution in [2.45, 2.75) is 0 Å². The van der Waals surface area contributed by atoms with Crippen molar-refractivity contribution < 1.29 is 4.74 Å². The Morgan fingerprint density at radius 3 is 1.21 bits per heavy atom. The molecule has 2 aromatic carbocycles. The summed E-state index contributed by atoms with van der Waals surface area (Å²) in [6.45, 7) is 0. The van der Waals surface area contributed by atoms with Gasteiger partial charge in [0.2, 0.25) is 0 Å². The molecule has 8 rings (SSSR count). The van der Waals surface area contributed by atoms with Gasteiger partial charge >= 0.3 is 0 Å². The van der Waals surface area contributed by atoms with Gasteiger partial charge < -0.3 is 20.0 Å². The third-order valence-electron chi connectivity index (χ3n) is 6.31. The van der Waals surface area contributed by atoms with E-state index in [0.29, 0.717) is 0 Å². The van der Waals surface area contributed by atoms with Crippen LogP contribution in [0.2, 0.25) is 0 Å². The van der Waals surface area contributed by atoms with Gasteiger partial charge in [0, 0.05) is 22.1 Å². The zero-order valence-electron chi connectivity index (χ0n) is 20.3. The Bertz CT molecular complexity index is 1630. The lowest BCUT2D eigenvalue weighted by molar-refractivity contribution is 0.481. The number of hydrogen-bond acceptors (Lipinski definition) is 4. The van der Waals surface area contributed by atoms with Crippen LogP contribution < -0.4 is 10.1 Å². The van der Waals surface area contributed by atoms with Crippen LogP contribution in [0.15, 0.2) is 97.1 Å². The highest BCUT2D eigenvalue weighted by molar-refractivity contribution is 5.77. The largest absolute Gasteiger partial charge is 0.453 e. The first-order chi connectivity index (χ1) is 18.7. The number of benzene rings is 2. The zero-order chi connectivity index (χ0) is 25.3. The average Bonchev–Trinajstić information content (AvgIpc) is 3.74. The van der Waals surface area contributed by atoms with Crippen LogP contribution in [0.4, 0.5) is 11.4 Å². The van der Waals surface area contributed by atoms with Crippen molar-refractivity contribution >= 4 is 57.7 Å². The van der Waals surface area contributed by atoms with Crippen LogP contribution >= 0.6 is 0 Å². The van der Waals surface area contributed by atoms with Crippen molar-refractivity contribution in [3.8, 4) is 11.5 Å². The molecule has 0 radical (unpaired) electrons. The van der Waals surface area contributed by atoms with E-state index in [0.717, 1.165) is 67.7 Å². The van der Waals surface area contributed by atoms with Crippen molar-refractivity contribution in [1.82, 2.24) is 19.9 Å². The van der Waals surface area contributed by atoms with E-state index in [9.17, 15) is 0 Å². The van der Waals surface area contributed by atoms with Crippen LogP contribution in [-0.2, 0) is 0 Å². The molecule has 3 aromatic heterocycles. The summed E-state index contributed by atoms with van der Waals surface area (Å²) in [6, 6.07) is 32.2. The highest BCUT2D eigenvalue weighted by Crippen LogP contribution is 2.41. The molecule has 182 valence electrons. The molecular formula is C32H23N5O. The maximum absolute atomic E-state index is 5.71. The third-order valence-corrected chi connectivity index (χ3v) is 6.31. The Labute approximate surface area is 219 Å². The second kappa shape index (κ2) is 9.26. The second-order valence-electron chi connectivity index (χ2n) is 9.12. The molecule has 38 heavy (non-hydrogen) atoms. The van der Waals surface area contributed by atoms with E-state index in [2.05, 4.69) is 49.5 Å². The minimum atomic E-state index is 0.881. The lowest BCUT2D eigenvalue weighted by atomic mass is 10.2. The molecule has 0 spiro atoms. The normalized spacial score (nSPS) is 12.4. The van der Waals surface area contributed by atoms with Gasteiger partial charge in [-0.25, -0.2) is 9.97 Å². The number of H-pyrrole nitrogens is 2. The van der Waals surface area contributed by atoms with Crippen LogP contribution in [0, 0.1) is 0 Å². The maximum Gasteiger partial charge on any atom is 0.150 e. The van der Waals surface area contributed by atoms with E-state index < -0.39 is 0 Å². The number of ether oxygens (including phenoxy) is 1. The molecule has 0 fully saturated rings. The first-order valence-corrected chi connectivity index (χ1v) is 12.4. The van der Waals surface area contributed by atoms with Gasteiger partial charge in [0.25, 0.3) is 0 Å². The lowest BCUT2D eigenvalue weighted by Gasteiger charge is -2.20. The number of rotatable bonds is 0. The van der Waals surface area contributed by atoms with Crippen LogP contribution in [0.1, 0.15) is 22.8 Å². The van der Waals surface area contributed by atoms with Crippen molar-refractivity contribution in [3.63, 3.8) is 0 Å². The molecule has 3 N–H and O–H groups in total. The summed E-state index contributed by atoms with van der Waals surface area (Å²) in [5.41, 5.74) is 9.90. The van der Waals surface area contributed by atoms with Crippen LogP contribution in [0.25, 0.3) is 46.4 Å². The predicted molar refractivity (Wildman–Crippen MR) is 155 cm³/mol. The van der Waals surface area contributed by atoms with Crippen molar-refractivity contribution in [2.24, 2.45) is 0 Å². The first-order valence-electron chi connectivity index (χ1n) is 12.4. The molecule has 5 aromatic rings. The molecule has 8 bridgehead atoms. The number of nitrogens with one attached hydrogen (secondary N) is 3. The highest BCUT2D eigenvalue weighted by Gasteiger charge is 2.14. The second-order valence-corrected chi connectivity index (χ2v) is 9.12. The predicted octanol–water partition coefficient (Wildman–Crippen LogP) is 8.19. The van der Waals surface area contributed by atoms with Gasteiger partial charge in [0.15, 0.2) is 11.5 Å². The minimum absolute atomic E-state index is 0.881. The number of hydrogen-bond donors (Lipinski definition) is 3. The summed E-state index contributed by atoms with van der Waals surface area (Å²) in [7, 11) is 0. The molecule has 6 nitrogen and oxygen atoms in total. The Morgan fingerprint density at radius 2 is 0.816 bits per heavy atom. The molecule has 0 atom stereocenters. The molecular weight excluding hydrogens is 470 g/mol. The summed E-state index contributed by atoms with van der Waals surface area (Å²) < 4.78 is 5.71. The Morgan fingerprint density at radius 1 is 0.447 bits per heavy atom. The van der Waals surface area contributed by atoms with E-state index >= 15 is 0 Å². The Balaban J connectivity index is 0.000000147. The fraction of sp³-hybridized carbons (Fsp3) is 0. The number of para-hydroxylation sites is 4. The molecule has 6 heteroatoms. The van der Waals surface area contributed by atoms with E-state index in [-0.39, 0.29) is 0 Å². The number of aromatic nitrogens is 4. The molecule has 6 heterocycles. The molecule has 3 aliphatic rings. The first kappa shape index (κ1) is 21.9. The standard InChI is InChI=1S/C20H14N4.C12H9NO/c1-2-14-10-16-5-6-18(23-16)12-20-8-7-19(24-20)11-17-4-3-15(22-17)9-13(1)21-14;1-3-7-11-9(5-1)13-10-6-2-4-8-12(10)14-11/h1-12,21,24H;1-8,13H. The monoisotopic (exact) mass is 493 g/mol. The van der Waals surface area contributed by atoms with Gasteiger partial charge in [-0.3, -0.25) is 0 Å². The molecule has 0 saturated carbocycles. The van der Waals surface area contributed by atoms with Gasteiger partial charge in [-0.1, -0.05) is 24.3 Å². The molecule has 0 unspecified atom stereocenters. The molecule has 0 saturated heterocycles. The van der Waals surface area contributed by atoms with E-state index in [1.54, 1.807) is 0 Å². The zero-order valence-corrected chi connectivity index (χ0v) is 20.3. The van der Waals surface area contributed by atoms with Gasteiger partial charge in [-0.2, -0.15) is 0 Å². The fourth-order valence-electron chi connectivity index (χ4n) is 4.52. The smallest absolute Gasteiger partial charge is 0.150 e. The van der Waals surface area contributed by atoms with E-state index in [1.807, 2.05) is 97.1 Å². The van der Waals surface area contributed by atoms with E-state index in [1.165, 1.54) is 0 Å². The molecule has 0 aliphatic carbocycles. The van der Waals surface area contributed by atoms with E-state index in [4.69, 9.17) is 4.74 Å². The Kier molecular flexibility index (Phi) is 5.33. The van der Waals surface area contributed by atoms with Crippen molar-refractivity contribution in [3.05, 3.63) is 120 Å². The Hall–Kier alpha value is -5.36. The van der Waals surface area contributed by atoms with Gasteiger partial charge in [0.05, 0.1) is 34.2 Å². The van der Waals surface area contributed by atoms with Gasteiger partial charge in [-0.15, -0.1) is 0 Å². The topological polar surface area (TPSA) is 78.6 Å². The van der Waals surface area contributed by atoms with Crippen LogP contribution in [-0.4, -0.2) is 19.9 Å². The molecule has 0 amide bonds. The van der Waals surface area contributed by atoms with Crippen LogP contribution in [0.3, 0.4) is 0 Å². The molecule has 3 aliphatic heterocycles. The maximum atomic E-state index is 5.71. The van der Waals surface area contributed by atoms with Gasteiger partial charge in [0.1, 0.15) is 0 Å². The summed E-state index contributed by atoms with van der Waals surface area (Å²) >= 11 is 0. The summed E-state index contributed by atoms with van der Waals surface area (Å²) in [5.74, 6) is 1.76. The highest BCUT2D eigenvalue weighted by atomic mass is 16.5. The third kappa shape index (κ3) is 4.58. The lowest BCUT2D eigenvalue weighted by Crippen LogP contribution is -2.01. The average molecular weight is 494 g/mol. The minimum Gasteiger partial charge on any atom is -0.453 e. The summed E-state index contributed by atoms with van der Waals surface area (Å²) in [5, 5.41) is 3.32. The number of anilines is 2. The van der Waals surface area contributed by atoms with Crippen molar-refractivity contribution in [2.75, 3.05) is 5.32 Å². The van der Waals surface area contributed by atoms with Crippen LogP contribution in [0.5, 0.6) is 11.5 Å². The number of fused-ring (bicyclic) bond motifs is 10. The summed E-state index contributed by atoms with van der Waals surface area (Å²) in [6.07, 6.45) is 8.09. The number of nitrogens with zero attached hydrogens (tertiary/aromatic N) is 2. The van der Waals surface area contributed by atoms with Crippen molar-refractivity contribution in [1.29, 1.82) is 0 Å². The van der Waals surface area contributed by atoms with Gasteiger partial charge in [-0.05, 0) is 97.1 Å². The SMILES string of the molecule is C1=Cc2cc3ccc(cc4nc(cc5ccc(cc1n2)[nH]5)C=C4)[nH]3.c1ccc2c(c1)Nc1ccccc1O2. The summed E-state index contributed by atoms with van der Waals surface area (Å²) in [4.78, 5) is 16.0. The number of aromatic amines is 2. The quantitative estimate of drug-likeness (QED) is 0.199.